The molecule has 0 heterocycles. The lowest BCUT2D eigenvalue weighted by molar-refractivity contribution is 0.0774. The van der Waals surface area contributed by atoms with Crippen molar-refractivity contribution in [1.82, 2.24) is 0 Å². The van der Waals surface area contributed by atoms with Crippen molar-refractivity contribution in [3.8, 4) is 0 Å². The van der Waals surface area contributed by atoms with Gasteiger partial charge in [-0.25, -0.2) is 0 Å². The highest BCUT2D eigenvalue weighted by Crippen LogP contribution is 2.31. The number of halogens is 1. The van der Waals surface area contributed by atoms with Crippen molar-refractivity contribution in [1.29, 1.82) is 0 Å². The number of fused-ring (bicyclic) bond motifs is 1. The Morgan fingerprint density at radius 2 is 1.81 bits per heavy atom. The highest BCUT2D eigenvalue weighted by atomic mass is 79.9. The Balaban J connectivity index is 2.58. The molecule has 16 heavy (non-hydrogen) atoms. The molecule has 0 saturated heterocycles. The van der Waals surface area contributed by atoms with Crippen LogP contribution < -0.4 is 0 Å². The average molecular weight is 279 g/mol. The maximum atomic E-state index is 5.66. The summed E-state index contributed by atoms with van der Waals surface area (Å²) in [7, 11) is 0. The van der Waals surface area contributed by atoms with E-state index < -0.39 is 0 Å². The topological polar surface area (TPSA) is 9.23 Å². The Labute approximate surface area is 105 Å². The van der Waals surface area contributed by atoms with Crippen LogP contribution in [-0.4, -0.2) is 6.61 Å². The Morgan fingerprint density at radius 3 is 2.50 bits per heavy atom. The van der Waals surface area contributed by atoms with Crippen LogP contribution in [0.25, 0.3) is 10.8 Å². The van der Waals surface area contributed by atoms with Gasteiger partial charge in [-0.15, -0.1) is 0 Å². The number of hydrogen-bond donors (Lipinski definition) is 0. The molecular weight excluding hydrogens is 264 g/mol. The average Bonchev–Trinajstić information content (AvgIpc) is 2.30. The largest absolute Gasteiger partial charge is 0.374 e. The summed E-state index contributed by atoms with van der Waals surface area (Å²) >= 11 is 3.58. The monoisotopic (exact) mass is 278 g/mol. The van der Waals surface area contributed by atoms with Gasteiger partial charge in [0.15, 0.2) is 0 Å². The number of rotatable bonds is 3. The van der Waals surface area contributed by atoms with Crippen LogP contribution in [0.2, 0.25) is 0 Å². The maximum absolute atomic E-state index is 5.66. The predicted octanol–water partition coefficient (Wildman–Crippen LogP) is 4.70. The van der Waals surface area contributed by atoms with E-state index in [1.807, 2.05) is 6.92 Å². The van der Waals surface area contributed by atoms with E-state index in [0.717, 1.165) is 11.1 Å². The molecule has 2 rings (SSSR count). The van der Waals surface area contributed by atoms with Gasteiger partial charge in [-0.2, -0.15) is 0 Å². The van der Waals surface area contributed by atoms with E-state index >= 15 is 0 Å². The van der Waals surface area contributed by atoms with Crippen LogP contribution in [0.3, 0.4) is 0 Å². The number of hydrogen-bond acceptors (Lipinski definition) is 1. The van der Waals surface area contributed by atoms with E-state index in [2.05, 4.69) is 59.3 Å². The Bertz CT molecular complexity index is 493. The molecule has 2 aromatic rings. The van der Waals surface area contributed by atoms with E-state index in [1.54, 1.807) is 0 Å². The lowest BCUT2D eigenvalue weighted by Gasteiger charge is -2.15. The Hall–Kier alpha value is -0.860. The zero-order valence-corrected chi connectivity index (χ0v) is 11.1. The van der Waals surface area contributed by atoms with Crippen LogP contribution in [-0.2, 0) is 4.74 Å². The van der Waals surface area contributed by atoms with E-state index in [9.17, 15) is 0 Å². The summed E-state index contributed by atoms with van der Waals surface area (Å²) in [4.78, 5) is 0. The molecule has 2 aromatic carbocycles. The molecule has 0 saturated carbocycles. The highest BCUT2D eigenvalue weighted by molar-refractivity contribution is 9.10. The molecule has 0 radical (unpaired) electrons. The molecule has 0 fully saturated rings. The van der Waals surface area contributed by atoms with Gasteiger partial charge in [0.2, 0.25) is 0 Å². The smallest absolute Gasteiger partial charge is 0.0802 e. The predicted molar refractivity (Wildman–Crippen MR) is 71.7 cm³/mol. The fraction of sp³-hybridized carbons (Fsp3) is 0.286. The molecule has 0 aliphatic carbocycles. The highest BCUT2D eigenvalue weighted by Gasteiger charge is 2.10. The van der Waals surface area contributed by atoms with Crippen molar-refractivity contribution in [2.75, 3.05) is 6.61 Å². The van der Waals surface area contributed by atoms with Crippen LogP contribution in [0.1, 0.15) is 25.5 Å². The second kappa shape index (κ2) is 4.98. The normalized spacial score (nSPS) is 12.9. The summed E-state index contributed by atoms with van der Waals surface area (Å²) in [5.74, 6) is 0. The van der Waals surface area contributed by atoms with E-state index in [0.29, 0.717) is 0 Å². The van der Waals surface area contributed by atoms with E-state index in [-0.39, 0.29) is 6.10 Å². The van der Waals surface area contributed by atoms with Gasteiger partial charge >= 0.3 is 0 Å². The van der Waals surface area contributed by atoms with Crippen molar-refractivity contribution in [2.24, 2.45) is 0 Å². The fourth-order valence-electron chi connectivity index (χ4n) is 1.98. The molecule has 1 nitrogen and oxygen atoms in total. The first-order valence-electron chi connectivity index (χ1n) is 5.52. The first kappa shape index (κ1) is 11.6. The molecule has 84 valence electrons. The van der Waals surface area contributed by atoms with Crippen LogP contribution in [0.15, 0.2) is 40.9 Å². The standard InChI is InChI=1S/C14H15BrO/c1-3-16-10(2)11-8-9-14(15)13-7-5-4-6-12(11)13/h4-10H,3H2,1-2H3. The third-order valence-electron chi connectivity index (χ3n) is 2.76. The molecule has 2 heteroatoms. The minimum atomic E-state index is 0.142. The molecule has 0 amide bonds. The van der Waals surface area contributed by atoms with Gasteiger partial charge in [0.1, 0.15) is 0 Å². The molecule has 0 aromatic heterocycles. The summed E-state index contributed by atoms with van der Waals surface area (Å²) in [5, 5.41) is 2.50. The summed E-state index contributed by atoms with van der Waals surface area (Å²) in [6.45, 7) is 4.86. The molecule has 0 bridgehead atoms. The SMILES string of the molecule is CCOC(C)c1ccc(Br)c2ccccc12. The number of ether oxygens (including phenoxy) is 1. The molecular formula is C14H15BrO. The zero-order chi connectivity index (χ0) is 11.5. The van der Waals surface area contributed by atoms with Gasteiger partial charge in [0.05, 0.1) is 6.10 Å². The van der Waals surface area contributed by atoms with Gasteiger partial charge in [0.25, 0.3) is 0 Å². The third-order valence-corrected chi connectivity index (χ3v) is 3.45. The lowest BCUT2D eigenvalue weighted by Crippen LogP contribution is -2.00. The maximum Gasteiger partial charge on any atom is 0.0802 e. The van der Waals surface area contributed by atoms with Crippen LogP contribution in [0.4, 0.5) is 0 Å². The Kier molecular flexibility index (Phi) is 3.62. The minimum absolute atomic E-state index is 0.142. The van der Waals surface area contributed by atoms with E-state index in [1.165, 1.54) is 16.3 Å². The molecule has 0 aliphatic heterocycles. The first-order valence-corrected chi connectivity index (χ1v) is 6.32. The number of benzene rings is 2. The van der Waals surface area contributed by atoms with Crippen molar-refractivity contribution in [3.63, 3.8) is 0 Å². The summed E-state index contributed by atoms with van der Waals surface area (Å²) in [6.07, 6.45) is 0.142. The van der Waals surface area contributed by atoms with E-state index in [4.69, 9.17) is 4.74 Å². The van der Waals surface area contributed by atoms with Gasteiger partial charge in [-0.05, 0) is 36.2 Å². The van der Waals surface area contributed by atoms with Crippen LogP contribution in [0.5, 0.6) is 0 Å². The fourth-order valence-corrected chi connectivity index (χ4v) is 2.46. The van der Waals surface area contributed by atoms with Gasteiger partial charge < -0.3 is 4.74 Å². The molecule has 1 unspecified atom stereocenters. The zero-order valence-electron chi connectivity index (χ0n) is 9.53. The summed E-state index contributed by atoms with van der Waals surface area (Å²) < 4.78 is 6.80. The van der Waals surface area contributed by atoms with Crippen molar-refractivity contribution < 1.29 is 4.74 Å². The van der Waals surface area contributed by atoms with Crippen molar-refractivity contribution in [3.05, 3.63) is 46.4 Å². The van der Waals surface area contributed by atoms with Gasteiger partial charge in [-0.1, -0.05) is 46.3 Å². The van der Waals surface area contributed by atoms with Crippen molar-refractivity contribution >= 4 is 26.7 Å². The second-order valence-electron chi connectivity index (χ2n) is 3.78. The molecule has 0 aliphatic rings. The first-order chi connectivity index (χ1) is 7.74. The molecule has 0 spiro atoms. The quantitative estimate of drug-likeness (QED) is 0.791. The lowest BCUT2D eigenvalue weighted by atomic mass is 10.0. The third kappa shape index (κ3) is 2.13. The molecule has 1 atom stereocenters. The van der Waals surface area contributed by atoms with Crippen LogP contribution >= 0.6 is 15.9 Å². The summed E-state index contributed by atoms with van der Waals surface area (Å²) in [6, 6.07) is 12.6. The summed E-state index contributed by atoms with van der Waals surface area (Å²) in [5.41, 5.74) is 1.25. The van der Waals surface area contributed by atoms with Crippen molar-refractivity contribution in [2.45, 2.75) is 20.0 Å². The molecule has 0 N–H and O–H groups in total. The minimum Gasteiger partial charge on any atom is -0.374 e. The van der Waals surface area contributed by atoms with Gasteiger partial charge in [0, 0.05) is 11.1 Å². The second-order valence-corrected chi connectivity index (χ2v) is 4.63. The Morgan fingerprint density at radius 1 is 1.12 bits per heavy atom. The van der Waals surface area contributed by atoms with Crippen LogP contribution in [0, 0.1) is 0 Å². The van der Waals surface area contributed by atoms with Gasteiger partial charge in [-0.3, -0.25) is 0 Å².